The van der Waals surface area contributed by atoms with Gasteiger partial charge >= 0.3 is 0 Å². The van der Waals surface area contributed by atoms with Crippen LogP contribution in [-0.4, -0.2) is 16.6 Å². The Morgan fingerprint density at radius 3 is 2.67 bits per heavy atom. The molecule has 0 saturated carbocycles. The zero-order valence-electron chi connectivity index (χ0n) is 10.8. The van der Waals surface area contributed by atoms with Crippen molar-refractivity contribution in [3.05, 3.63) is 28.8 Å². The van der Waals surface area contributed by atoms with Gasteiger partial charge in [-0.25, -0.2) is 5.48 Å². The monoisotopic (exact) mass is 271 g/mol. The number of carbonyl (C=O) groups is 1. The summed E-state index contributed by atoms with van der Waals surface area (Å²) in [6.07, 6.45) is 0.844. The molecule has 1 aromatic rings. The molecule has 0 aliphatic rings. The summed E-state index contributed by atoms with van der Waals surface area (Å²) < 4.78 is 0. The fraction of sp³-hybridized carbons (Fsp3) is 0.462. The molecule has 1 aromatic carbocycles. The first-order valence-corrected chi connectivity index (χ1v) is 6.10. The minimum Gasteiger partial charge on any atom is -0.506 e. The number of hydrogen-bond donors (Lipinski definition) is 2. The van der Waals surface area contributed by atoms with Crippen molar-refractivity contribution >= 4 is 17.5 Å². The topological polar surface area (TPSA) is 58.6 Å². The number of carbonyl (C=O) groups excluding carboxylic acids is 1. The van der Waals surface area contributed by atoms with Gasteiger partial charge in [0.25, 0.3) is 0 Å². The Morgan fingerprint density at radius 2 is 2.11 bits per heavy atom. The summed E-state index contributed by atoms with van der Waals surface area (Å²) in [6.45, 7) is 5.56. The Balaban J connectivity index is 2.40. The van der Waals surface area contributed by atoms with Gasteiger partial charge in [0, 0.05) is 6.42 Å². The summed E-state index contributed by atoms with van der Waals surface area (Å²) >= 11 is 5.77. The fourth-order valence-corrected chi connectivity index (χ4v) is 1.43. The summed E-state index contributed by atoms with van der Waals surface area (Å²) in [4.78, 5) is 16.7. The van der Waals surface area contributed by atoms with E-state index >= 15 is 0 Å². The van der Waals surface area contributed by atoms with Gasteiger partial charge in [-0.05, 0) is 44.9 Å². The van der Waals surface area contributed by atoms with Gasteiger partial charge < -0.3 is 5.11 Å². The van der Waals surface area contributed by atoms with Gasteiger partial charge in [-0.1, -0.05) is 17.7 Å². The van der Waals surface area contributed by atoms with Gasteiger partial charge in [0.1, 0.15) is 5.75 Å². The maximum Gasteiger partial charge on any atom is 0.243 e. The van der Waals surface area contributed by atoms with E-state index in [0.29, 0.717) is 17.9 Å². The molecule has 0 aliphatic heterocycles. The first kappa shape index (κ1) is 14.8. The molecule has 5 heteroatoms. The second-order valence-corrected chi connectivity index (χ2v) is 5.43. The molecule has 0 atom stereocenters. The number of aryl methyl sites for hydroxylation is 1. The van der Waals surface area contributed by atoms with E-state index in [4.69, 9.17) is 16.4 Å². The van der Waals surface area contributed by atoms with Crippen LogP contribution in [0.15, 0.2) is 18.2 Å². The number of rotatable bonds is 4. The molecule has 0 aliphatic carbocycles. The molecule has 1 rings (SSSR count). The second kappa shape index (κ2) is 6.07. The molecule has 0 aromatic heterocycles. The van der Waals surface area contributed by atoms with E-state index in [1.54, 1.807) is 12.1 Å². The molecular weight excluding hydrogens is 254 g/mol. The minimum atomic E-state index is -0.405. The number of amides is 1. The zero-order valence-corrected chi connectivity index (χ0v) is 11.5. The maximum atomic E-state index is 11.5. The molecule has 2 N–H and O–H groups in total. The lowest BCUT2D eigenvalue weighted by Crippen LogP contribution is -2.33. The van der Waals surface area contributed by atoms with Gasteiger partial charge in [0.15, 0.2) is 0 Å². The van der Waals surface area contributed by atoms with Crippen LogP contribution in [-0.2, 0) is 16.1 Å². The highest BCUT2D eigenvalue weighted by Crippen LogP contribution is 2.24. The number of phenolic OH excluding ortho intramolecular Hbond substituents is 1. The highest BCUT2D eigenvalue weighted by molar-refractivity contribution is 6.32. The van der Waals surface area contributed by atoms with E-state index in [9.17, 15) is 9.90 Å². The number of halogens is 1. The van der Waals surface area contributed by atoms with Crippen LogP contribution in [0.3, 0.4) is 0 Å². The Kier molecular flexibility index (Phi) is 4.99. The van der Waals surface area contributed by atoms with Gasteiger partial charge in [0.2, 0.25) is 5.91 Å². The number of hydrogen-bond acceptors (Lipinski definition) is 3. The largest absolute Gasteiger partial charge is 0.506 e. The van der Waals surface area contributed by atoms with Crippen LogP contribution in [0.1, 0.15) is 32.8 Å². The standard InChI is InChI=1S/C13H18ClNO3/c1-13(2,3)18-15-12(17)7-5-9-4-6-11(16)10(14)8-9/h4,6,8,16H,5,7H2,1-3H3,(H,15,17). The van der Waals surface area contributed by atoms with Gasteiger partial charge in [0.05, 0.1) is 10.6 Å². The first-order chi connectivity index (χ1) is 8.28. The average molecular weight is 272 g/mol. The molecule has 18 heavy (non-hydrogen) atoms. The molecule has 0 fully saturated rings. The highest BCUT2D eigenvalue weighted by atomic mass is 35.5. The van der Waals surface area contributed by atoms with Crippen LogP contribution >= 0.6 is 11.6 Å². The SMILES string of the molecule is CC(C)(C)ONC(=O)CCc1ccc(O)c(Cl)c1. The van der Waals surface area contributed by atoms with Gasteiger partial charge in [-0.2, -0.15) is 0 Å². The Labute approximate surface area is 112 Å². The molecule has 100 valence electrons. The van der Waals surface area contributed by atoms with Crippen molar-refractivity contribution < 1.29 is 14.7 Å². The van der Waals surface area contributed by atoms with Crippen LogP contribution in [0.25, 0.3) is 0 Å². The predicted octanol–water partition coefficient (Wildman–Crippen LogP) is 2.82. The lowest BCUT2D eigenvalue weighted by molar-refractivity contribution is -0.145. The van der Waals surface area contributed by atoms with E-state index in [1.165, 1.54) is 6.07 Å². The summed E-state index contributed by atoms with van der Waals surface area (Å²) in [6, 6.07) is 4.90. The third-order valence-electron chi connectivity index (χ3n) is 2.12. The van der Waals surface area contributed by atoms with Crippen molar-refractivity contribution in [2.75, 3.05) is 0 Å². The lowest BCUT2D eigenvalue weighted by Gasteiger charge is -2.18. The lowest BCUT2D eigenvalue weighted by atomic mass is 10.1. The quantitative estimate of drug-likeness (QED) is 0.828. The van der Waals surface area contributed by atoms with Crippen LogP contribution in [0.2, 0.25) is 5.02 Å². The second-order valence-electron chi connectivity index (χ2n) is 5.03. The third kappa shape index (κ3) is 5.38. The van der Waals surface area contributed by atoms with Crippen LogP contribution in [0, 0.1) is 0 Å². The van der Waals surface area contributed by atoms with Crippen molar-refractivity contribution in [2.45, 2.75) is 39.2 Å². The molecule has 0 saturated heterocycles. The van der Waals surface area contributed by atoms with Crippen molar-refractivity contribution in [1.29, 1.82) is 0 Å². The number of nitrogens with one attached hydrogen (secondary N) is 1. The number of hydroxylamine groups is 1. The van der Waals surface area contributed by atoms with Crippen LogP contribution < -0.4 is 5.48 Å². The number of aromatic hydroxyl groups is 1. The van der Waals surface area contributed by atoms with E-state index < -0.39 is 5.60 Å². The molecule has 0 unspecified atom stereocenters. The normalized spacial score (nSPS) is 11.3. The number of phenols is 1. The van der Waals surface area contributed by atoms with Crippen molar-refractivity contribution in [1.82, 2.24) is 5.48 Å². The van der Waals surface area contributed by atoms with E-state index in [0.717, 1.165) is 5.56 Å². The Hall–Kier alpha value is -1.26. The van der Waals surface area contributed by atoms with Gasteiger partial charge in [-0.15, -0.1) is 0 Å². The Morgan fingerprint density at radius 1 is 1.44 bits per heavy atom. The third-order valence-corrected chi connectivity index (χ3v) is 2.43. The molecule has 1 amide bonds. The molecule has 0 heterocycles. The van der Waals surface area contributed by atoms with Crippen LogP contribution in [0.5, 0.6) is 5.75 Å². The Bertz CT molecular complexity index is 427. The van der Waals surface area contributed by atoms with E-state index in [-0.39, 0.29) is 11.7 Å². The van der Waals surface area contributed by atoms with Gasteiger partial charge in [-0.3, -0.25) is 9.63 Å². The number of benzene rings is 1. The smallest absolute Gasteiger partial charge is 0.243 e. The summed E-state index contributed by atoms with van der Waals surface area (Å²) in [5, 5.41) is 9.55. The van der Waals surface area contributed by atoms with Crippen molar-refractivity contribution in [3.8, 4) is 5.75 Å². The fourth-order valence-electron chi connectivity index (χ4n) is 1.22. The maximum absolute atomic E-state index is 11.5. The van der Waals surface area contributed by atoms with E-state index in [2.05, 4.69) is 5.48 Å². The molecular formula is C13H18ClNO3. The molecule has 0 spiro atoms. The highest BCUT2D eigenvalue weighted by Gasteiger charge is 2.12. The molecule has 0 bridgehead atoms. The molecule has 4 nitrogen and oxygen atoms in total. The summed E-state index contributed by atoms with van der Waals surface area (Å²) in [5.74, 6) is -0.143. The summed E-state index contributed by atoms with van der Waals surface area (Å²) in [5.41, 5.74) is 2.88. The summed E-state index contributed by atoms with van der Waals surface area (Å²) in [7, 11) is 0. The van der Waals surface area contributed by atoms with Crippen molar-refractivity contribution in [3.63, 3.8) is 0 Å². The van der Waals surface area contributed by atoms with E-state index in [1.807, 2.05) is 20.8 Å². The first-order valence-electron chi connectivity index (χ1n) is 5.72. The zero-order chi connectivity index (χ0) is 13.8. The minimum absolute atomic E-state index is 0.0425. The molecule has 0 radical (unpaired) electrons. The average Bonchev–Trinajstić information content (AvgIpc) is 2.27. The van der Waals surface area contributed by atoms with Crippen molar-refractivity contribution in [2.24, 2.45) is 0 Å². The van der Waals surface area contributed by atoms with Crippen LogP contribution in [0.4, 0.5) is 0 Å². The predicted molar refractivity (Wildman–Crippen MR) is 70.4 cm³/mol.